The lowest BCUT2D eigenvalue weighted by molar-refractivity contribution is -0.139. The Kier molecular flexibility index (Phi) is 4.01. The summed E-state index contributed by atoms with van der Waals surface area (Å²) >= 11 is 0. The lowest BCUT2D eigenvalue weighted by atomic mass is 9.97. The smallest absolute Gasteiger partial charge is 0.168 e. The second kappa shape index (κ2) is 5.07. The van der Waals surface area contributed by atoms with Crippen LogP contribution in [0, 0.1) is 0 Å². The van der Waals surface area contributed by atoms with E-state index in [-0.39, 0.29) is 12.2 Å². The molecule has 1 rings (SSSR count). The van der Waals surface area contributed by atoms with Gasteiger partial charge in [0.2, 0.25) is 0 Å². The zero-order valence-electron chi connectivity index (χ0n) is 9.99. The van der Waals surface area contributed by atoms with Crippen LogP contribution in [0.3, 0.4) is 0 Å². The van der Waals surface area contributed by atoms with Gasteiger partial charge in [-0.1, -0.05) is 0 Å². The molecule has 88 valence electrons. The van der Waals surface area contributed by atoms with Gasteiger partial charge in [0.15, 0.2) is 5.78 Å². The Morgan fingerprint density at radius 2 is 2.25 bits per heavy atom. The molecule has 0 atom stereocenters. The normalized spacial score (nSPS) is 11.4. The highest BCUT2D eigenvalue weighted by Gasteiger charge is 2.27. The molecule has 1 heterocycles. The van der Waals surface area contributed by atoms with Crippen LogP contribution in [0.25, 0.3) is 0 Å². The summed E-state index contributed by atoms with van der Waals surface area (Å²) in [6, 6.07) is 1.69. The summed E-state index contributed by atoms with van der Waals surface area (Å²) in [6.07, 6.45) is 3.49. The van der Waals surface area contributed by atoms with Crippen molar-refractivity contribution in [2.75, 3.05) is 12.3 Å². The van der Waals surface area contributed by atoms with Gasteiger partial charge >= 0.3 is 0 Å². The first kappa shape index (κ1) is 12.6. The molecular formula is C12H18N2O2. The molecule has 0 saturated carbocycles. The van der Waals surface area contributed by atoms with Crippen molar-refractivity contribution in [3.8, 4) is 0 Å². The number of rotatable bonds is 5. The first-order chi connectivity index (χ1) is 7.47. The van der Waals surface area contributed by atoms with E-state index in [2.05, 4.69) is 4.98 Å². The van der Waals surface area contributed by atoms with Gasteiger partial charge in [-0.15, -0.1) is 0 Å². The van der Waals surface area contributed by atoms with E-state index in [0.717, 1.165) is 5.56 Å². The second-order valence-electron chi connectivity index (χ2n) is 4.12. The highest BCUT2D eigenvalue weighted by atomic mass is 16.5. The summed E-state index contributed by atoms with van der Waals surface area (Å²) in [7, 11) is 0. The molecule has 0 radical (unpaired) electrons. The topological polar surface area (TPSA) is 65.2 Å². The number of nitrogen functional groups attached to an aromatic ring is 1. The third-order valence-electron chi connectivity index (χ3n) is 2.47. The molecular weight excluding hydrogens is 204 g/mol. The second-order valence-corrected chi connectivity index (χ2v) is 4.12. The van der Waals surface area contributed by atoms with Gasteiger partial charge in [-0.25, -0.2) is 0 Å². The third kappa shape index (κ3) is 3.03. The van der Waals surface area contributed by atoms with E-state index in [0.29, 0.717) is 12.3 Å². The quantitative estimate of drug-likeness (QED) is 0.821. The number of pyridine rings is 1. The number of nitrogens with two attached hydrogens (primary N) is 1. The minimum atomic E-state index is -0.767. The number of carbonyl (C=O) groups excluding carboxylic acids is 1. The average molecular weight is 222 g/mol. The van der Waals surface area contributed by atoms with E-state index >= 15 is 0 Å². The molecule has 2 N–H and O–H groups in total. The van der Waals surface area contributed by atoms with Gasteiger partial charge in [0.1, 0.15) is 5.60 Å². The number of aromatic nitrogens is 1. The predicted octanol–water partition coefficient (Wildman–Crippen LogP) is 1.59. The Labute approximate surface area is 95.8 Å². The summed E-state index contributed by atoms with van der Waals surface area (Å²) in [5.41, 5.74) is 6.33. The zero-order chi connectivity index (χ0) is 12.2. The molecule has 4 nitrogen and oxygen atoms in total. The average Bonchev–Trinajstić information content (AvgIpc) is 2.21. The number of ether oxygens (including phenoxy) is 1. The van der Waals surface area contributed by atoms with Gasteiger partial charge in [-0.05, 0) is 26.8 Å². The highest BCUT2D eigenvalue weighted by Crippen LogP contribution is 2.17. The van der Waals surface area contributed by atoms with E-state index < -0.39 is 5.60 Å². The predicted molar refractivity (Wildman–Crippen MR) is 63.1 cm³/mol. The molecule has 4 heteroatoms. The standard InChI is InChI=1S/C12H18N2O2/c1-4-16-12(2,3)11(15)7-9-8-14-6-5-10(9)13/h5-6,8H,4,7H2,1-3H3,(H2,13,14). The van der Waals surface area contributed by atoms with Crippen LogP contribution in [0.5, 0.6) is 0 Å². The number of ketones is 1. The molecule has 0 spiro atoms. The Balaban J connectivity index is 2.75. The number of Topliss-reactive ketones (excluding diaryl/α,β-unsaturated/α-hetero) is 1. The van der Waals surface area contributed by atoms with Crippen LogP contribution in [0.1, 0.15) is 26.3 Å². The van der Waals surface area contributed by atoms with Crippen molar-refractivity contribution >= 4 is 11.5 Å². The molecule has 0 fully saturated rings. The van der Waals surface area contributed by atoms with Gasteiger partial charge < -0.3 is 10.5 Å². The first-order valence-electron chi connectivity index (χ1n) is 5.33. The minimum absolute atomic E-state index is 0.00838. The SMILES string of the molecule is CCOC(C)(C)C(=O)Cc1cnccc1N. The van der Waals surface area contributed by atoms with Crippen LogP contribution in [0.15, 0.2) is 18.5 Å². The molecule has 0 aliphatic carbocycles. The molecule has 1 aromatic heterocycles. The summed E-state index contributed by atoms with van der Waals surface area (Å²) in [5, 5.41) is 0. The molecule has 16 heavy (non-hydrogen) atoms. The minimum Gasteiger partial charge on any atom is -0.398 e. The number of hydrogen-bond donors (Lipinski definition) is 1. The maximum Gasteiger partial charge on any atom is 0.168 e. The molecule has 0 saturated heterocycles. The fourth-order valence-electron chi connectivity index (χ4n) is 1.41. The summed E-state index contributed by atoms with van der Waals surface area (Å²) < 4.78 is 5.39. The molecule has 0 aliphatic heterocycles. The van der Waals surface area contributed by atoms with E-state index in [1.165, 1.54) is 0 Å². The van der Waals surface area contributed by atoms with Crippen molar-refractivity contribution in [3.63, 3.8) is 0 Å². The van der Waals surface area contributed by atoms with E-state index in [9.17, 15) is 4.79 Å². The molecule has 0 aliphatic rings. The van der Waals surface area contributed by atoms with E-state index in [1.54, 1.807) is 32.3 Å². The summed E-state index contributed by atoms with van der Waals surface area (Å²) in [6.45, 7) is 5.92. The summed E-state index contributed by atoms with van der Waals surface area (Å²) in [4.78, 5) is 15.9. The Hall–Kier alpha value is -1.42. The lowest BCUT2D eigenvalue weighted by Crippen LogP contribution is -2.36. The van der Waals surface area contributed by atoms with Crippen molar-refractivity contribution in [1.82, 2.24) is 4.98 Å². The van der Waals surface area contributed by atoms with Crippen molar-refractivity contribution in [2.45, 2.75) is 32.8 Å². The Morgan fingerprint density at radius 3 is 2.81 bits per heavy atom. The van der Waals surface area contributed by atoms with Crippen LogP contribution in [0.4, 0.5) is 5.69 Å². The number of hydrogen-bond acceptors (Lipinski definition) is 4. The number of anilines is 1. The van der Waals surface area contributed by atoms with Gasteiger partial charge in [0.25, 0.3) is 0 Å². The fraction of sp³-hybridized carbons (Fsp3) is 0.500. The molecule has 0 bridgehead atoms. The highest BCUT2D eigenvalue weighted by molar-refractivity contribution is 5.89. The first-order valence-corrected chi connectivity index (χ1v) is 5.33. The van der Waals surface area contributed by atoms with Gasteiger partial charge in [-0.2, -0.15) is 0 Å². The van der Waals surface area contributed by atoms with Gasteiger partial charge in [0, 0.05) is 36.7 Å². The molecule has 0 unspecified atom stereocenters. The van der Waals surface area contributed by atoms with Gasteiger partial charge in [0.05, 0.1) is 0 Å². The van der Waals surface area contributed by atoms with Crippen molar-refractivity contribution in [1.29, 1.82) is 0 Å². The van der Waals surface area contributed by atoms with Gasteiger partial charge in [-0.3, -0.25) is 9.78 Å². The zero-order valence-corrected chi connectivity index (χ0v) is 9.99. The maximum atomic E-state index is 12.0. The molecule has 1 aromatic rings. The van der Waals surface area contributed by atoms with Crippen LogP contribution in [0.2, 0.25) is 0 Å². The fourth-order valence-corrected chi connectivity index (χ4v) is 1.41. The van der Waals surface area contributed by atoms with Crippen LogP contribution >= 0.6 is 0 Å². The largest absolute Gasteiger partial charge is 0.398 e. The Bertz CT molecular complexity index is 375. The van der Waals surface area contributed by atoms with Crippen LogP contribution in [-0.4, -0.2) is 23.0 Å². The van der Waals surface area contributed by atoms with Crippen molar-refractivity contribution < 1.29 is 9.53 Å². The number of nitrogens with zero attached hydrogens (tertiary/aromatic N) is 1. The third-order valence-corrected chi connectivity index (χ3v) is 2.47. The van der Waals surface area contributed by atoms with Crippen LogP contribution in [-0.2, 0) is 16.0 Å². The lowest BCUT2D eigenvalue weighted by Gasteiger charge is -2.23. The van der Waals surface area contributed by atoms with E-state index in [4.69, 9.17) is 10.5 Å². The van der Waals surface area contributed by atoms with Crippen molar-refractivity contribution in [3.05, 3.63) is 24.0 Å². The number of carbonyl (C=O) groups is 1. The van der Waals surface area contributed by atoms with Crippen LogP contribution < -0.4 is 5.73 Å². The van der Waals surface area contributed by atoms with Crippen molar-refractivity contribution in [2.24, 2.45) is 0 Å². The Morgan fingerprint density at radius 1 is 1.56 bits per heavy atom. The molecule has 0 amide bonds. The molecule has 0 aromatic carbocycles. The maximum absolute atomic E-state index is 12.0. The summed E-state index contributed by atoms with van der Waals surface area (Å²) in [5.74, 6) is 0.00838. The monoisotopic (exact) mass is 222 g/mol. The van der Waals surface area contributed by atoms with E-state index in [1.807, 2.05) is 6.92 Å².